The highest BCUT2D eigenvalue weighted by atomic mass is 16.2. The first kappa shape index (κ1) is 15.5. The Kier molecular flexibility index (Phi) is 4.27. The lowest BCUT2D eigenvalue weighted by molar-refractivity contribution is 0.0946. The van der Waals surface area contributed by atoms with Gasteiger partial charge in [0, 0.05) is 25.4 Å². The van der Waals surface area contributed by atoms with Crippen molar-refractivity contribution in [2.24, 2.45) is 7.05 Å². The van der Waals surface area contributed by atoms with Gasteiger partial charge >= 0.3 is 0 Å². The summed E-state index contributed by atoms with van der Waals surface area (Å²) in [7, 11) is 1.79. The second kappa shape index (κ2) is 6.36. The first-order valence-corrected chi connectivity index (χ1v) is 7.93. The molecular weight excluding hydrogens is 294 g/mol. The van der Waals surface area contributed by atoms with Crippen molar-refractivity contribution in [1.82, 2.24) is 24.9 Å². The molecule has 0 unspecified atom stereocenters. The molecule has 7 nitrogen and oxygen atoms in total. The lowest BCUT2D eigenvalue weighted by Gasteiger charge is -2.15. The molecular formula is C16H21N5O2. The zero-order valence-corrected chi connectivity index (χ0v) is 13.5. The molecule has 23 heavy (non-hydrogen) atoms. The first-order valence-electron chi connectivity index (χ1n) is 7.93. The van der Waals surface area contributed by atoms with E-state index in [1.807, 2.05) is 6.92 Å². The zero-order valence-electron chi connectivity index (χ0n) is 13.5. The maximum Gasteiger partial charge on any atom is 0.271 e. The summed E-state index contributed by atoms with van der Waals surface area (Å²) in [5.74, 6) is -0.236. The second-order valence-corrected chi connectivity index (χ2v) is 5.94. The largest absolute Gasteiger partial charge is 0.349 e. The molecule has 0 aromatic carbocycles. The fourth-order valence-corrected chi connectivity index (χ4v) is 2.80. The minimum atomic E-state index is -0.236. The lowest BCUT2D eigenvalue weighted by Crippen LogP contribution is -2.33. The van der Waals surface area contributed by atoms with Gasteiger partial charge < -0.3 is 5.32 Å². The van der Waals surface area contributed by atoms with Crippen molar-refractivity contribution in [1.29, 1.82) is 0 Å². The number of aryl methyl sites for hydroxylation is 4. The van der Waals surface area contributed by atoms with Crippen molar-refractivity contribution in [2.45, 2.75) is 39.2 Å². The third kappa shape index (κ3) is 3.33. The molecule has 0 aliphatic heterocycles. The standard InChI is InChI=1S/C16H21N5O2/c1-11-9-14(18-20(11)2)16(23)17-7-8-21-15(22)10-12-5-3-4-6-13(12)19-21/h9-10H,3-8H2,1-2H3,(H,17,23). The van der Waals surface area contributed by atoms with Crippen LogP contribution in [-0.2, 0) is 26.4 Å². The summed E-state index contributed by atoms with van der Waals surface area (Å²) >= 11 is 0. The number of nitrogens with zero attached hydrogens (tertiary/aromatic N) is 4. The third-order valence-electron chi connectivity index (χ3n) is 4.23. The molecule has 3 rings (SSSR count). The van der Waals surface area contributed by atoms with Crippen LogP contribution in [0.5, 0.6) is 0 Å². The Labute approximate surface area is 134 Å². The van der Waals surface area contributed by atoms with Gasteiger partial charge in [-0.05, 0) is 44.2 Å². The van der Waals surface area contributed by atoms with Crippen molar-refractivity contribution in [2.75, 3.05) is 6.54 Å². The normalized spacial score (nSPS) is 13.7. The number of carbonyl (C=O) groups is 1. The van der Waals surface area contributed by atoms with Crippen molar-refractivity contribution >= 4 is 5.91 Å². The monoisotopic (exact) mass is 315 g/mol. The molecule has 0 saturated heterocycles. The number of aromatic nitrogens is 4. The van der Waals surface area contributed by atoms with E-state index in [0.717, 1.165) is 42.6 Å². The number of hydrogen-bond acceptors (Lipinski definition) is 4. The minimum Gasteiger partial charge on any atom is -0.349 e. The lowest BCUT2D eigenvalue weighted by atomic mass is 9.97. The molecule has 2 aromatic rings. The van der Waals surface area contributed by atoms with E-state index in [1.54, 1.807) is 23.9 Å². The number of hydrogen-bond donors (Lipinski definition) is 1. The van der Waals surface area contributed by atoms with Gasteiger partial charge in [0.15, 0.2) is 0 Å². The van der Waals surface area contributed by atoms with Gasteiger partial charge in [0.05, 0.1) is 12.2 Å². The van der Waals surface area contributed by atoms with Crippen LogP contribution in [0.3, 0.4) is 0 Å². The van der Waals surface area contributed by atoms with Crippen molar-refractivity contribution in [3.05, 3.63) is 45.1 Å². The van der Waals surface area contributed by atoms with Gasteiger partial charge in [-0.25, -0.2) is 4.68 Å². The van der Waals surface area contributed by atoms with Gasteiger partial charge in [-0.1, -0.05) is 0 Å². The quantitative estimate of drug-likeness (QED) is 0.895. The van der Waals surface area contributed by atoms with Gasteiger partial charge in [0.1, 0.15) is 5.69 Å². The number of rotatable bonds is 4. The van der Waals surface area contributed by atoms with E-state index in [-0.39, 0.29) is 11.5 Å². The van der Waals surface area contributed by atoms with E-state index in [2.05, 4.69) is 15.5 Å². The number of amides is 1. The van der Waals surface area contributed by atoms with Crippen molar-refractivity contribution in [3.63, 3.8) is 0 Å². The SMILES string of the molecule is Cc1cc(C(=O)NCCn2nc3c(cc2=O)CCCC3)nn1C. The molecule has 7 heteroatoms. The summed E-state index contributed by atoms with van der Waals surface area (Å²) in [6.07, 6.45) is 4.11. The molecule has 0 radical (unpaired) electrons. The topological polar surface area (TPSA) is 81.8 Å². The van der Waals surface area contributed by atoms with Crippen LogP contribution in [0.15, 0.2) is 16.9 Å². The van der Waals surface area contributed by atoms with Crippen LogP contribution in [0.1, 0.15) is 40.3 Å². The van der Waals surface area contributed by atoms with E-state index in [4.69, 9.17) is 0 Å². The average Bonchev–Trinajstić information content (AvgIpc) is 2.87. The van der Waals surface area contributed by atoms with Gasteiger partial charge in [0.25, 0.3) is 11.5 Å². The Bertz CT molecular complexity index is 771. The fraction of sp³-hybridized carbons (Fsp3) is 0.500. The molecule has 0 saturated carbocycles. The maximum atomic E-state index is 12.1. The Hall–Kier alpha value is -2.44. The highest BCUT2D eigenvalue weighted by molar-refractivity contribution is 5.92. The molecule has 1 N–H and O–H groups in total. The second-order valence-electron chi connectivity index (χ2n) is 5.94. The summed E-state index contributed by atoms with van der Waals surface area (Å²) in [5.41, 5.74) is 3.29. The zero-order chi connectivity index (χ0) is 16.4. The molecule has 1 aliphatic rings. The molecule has 0 bridgehead atoms. The van der Waals surface area contributed by atoms with Crippen LogP contribution in [-0.4, -0.2) is 32.0 Å². The first-order chi connectivity index (χ1) is 11.0. The fourth-order valence-electron chi connectivity index (χ4n) is 2.80. The predicted molar refractivity (Wildman–Crippen MR) is 85.4 cm³/mol. The van der Waals surface area contributed by atoms with Gasteiger partial charge in [-0.15, -0.1) is 0 Å². The smallest absolute Gasteiger partial charge is 0.271 e. The highest BCUT2D eigenvalue weighted by Crippen LogP contribution is 2.16. The van der Waals surface area contributed by atoms with Crippen LogP contribution in [0.25, 0.3) is 0 Å². The molecule has 2 aromatic heterocycles. The number of nitrogens with one attached hydrogen (secondary N) is 1. The van der Waals surface area contributed by atoms with Gasteiger partial charge in [-0.3, -0.25) is 14.3 Å². The molecule has 0 spiro atoms. The van der Waals surface area contributed by atoms with Crippen LogP contribution in [0, 0.1) is 6.92 Å². The van der Waals surface area contributed by atoms with Crippen molar-refractivity contribution in [3.8, 4) is 0 Å². The molecule has 2 heterocycles. The van der Waals surface area contributed by atoms with Crippen LogP contribution >= 0.6 is 0 Å². The average molecular weight is 315 g/mol. The van der Waals surface area contributed by atoms with E-state index >= 15 is 0 Å². The van der Waals surface area contributed by atoms with Crippen LogP contribution in [0.2, 0.25) is 0 Å². The van der Waals surface area contributed by atoms with Crippen molar-refractivity contribution < 1.29 is 4.79 Å². The Morgan fingerprint density at radius 3 is 2.78 bits per heavy atom. The highest BCUT2D eigenvalue weighted by Gasteiger charge is 2.14. The molecule has 0 fully saturated rings. The Morgan fingerprint density at radius 1 is 1.26 bits per heavy atom. The summed E-state index contributed by atoms with van der Waals surface area (Å²) in [5, 5.41) is 11.3. The summed E-state index contributed by atoms with van der Waals surface area (Å²) in [6.45, 7) is 2.60. The summed E-state index contributed by atoms with van der Waals surface area (Å²) < 4.78 is 3.10. The van der Waals surface area contributed by atoms with E-state index in [1.165, 1.54) is 4.68 Å². The van der Waals surface area contributed by atoms with Crippen LogP contribution in [0.4, 0.5) is 0 Å². The maximum absolute atomic E-state index is 12.1. The molecule has 1 amide bonds. The van der Waals surface area contributed by atoms with Gasteiger partial charge in [-0.2, -0.15) is 10.2 Å². The Balaban J connectivity index is 1.62. The predicted octanol–water partition coefficient (Wildman–Crippen LogP) is 0.594. The Morgan fingerprint density at radius 2 is 2.04 bits per heavy atom. The molecule has 122 valence electrons. The van der Waals surface area contributed by atoms with E-state index < -0.39 is 0 Å². The molecule has 1 aliphatic carbocycles. The summed E-state index contributed by atoms with van der Waals surface area (Å²) in [6, 6.07) is 3.42. The third-order valence-corrected chi connectivity index (χ3v) is 4.23. The number of carbonyl (C=O) groups excluding carboxylic acids is 1. The minimum absolute atomic E-state index is 0.103. The molecule has 0 atom stereocenters. The van der Waals surface area contributed by atoms with Crippen LogP contribution < -0.4 is 10.9 Å². The number of fused-ring (bicyclic) bond motifs is 1. The van der Waals surface area contributed by atoms with Gasteiger partial charge in [0.2, 0.25) is 0 Å². The van der Waals surface area contributed by atoms with E-state index in [9.17, 15) is 9.59 Å². The summed E-state index contributed by atoms with van der Waals surface area (Å²) in [4.78, 5) is 24.1. The van der Waals surface area contributed by atoms with E-state index in [0.29, 0.717) is 18.8 Å².